The number of allylic oxidation sites excluding steroid dienone is 2. The third-order valence-corrected chi connectivity index (χ3v) is 1.72. The molecule has 0 radical (unpaired) electrons. The number of hydrogen-bond donors (Lipinski definition) is 0. The summed E-state index contributed by atoms with van der Waals surface area (Å²) in [5, 5.41) is 0. The molecule has 0 amide bonds. The minimum absolute atomic E-state index is 0.246. The molecule has 0 saturated carbocycles. The molecule has 0 aromatic heterocycles. The average molecular weight is 140 g/mol. The predicted molar refractivity (Wildman–Crippen MR) is 43.9 cm³/mol. The Bertz CT molecular complexity index is 121. The van der Waals surface area contributed by atoms with Crippen molar-refractivity contribution in [3.8, 4) is 0 Å². The topological polar surface area (TPSA) is 17.1 Å². The van der Waals surface area contributed by atoms with Gasteiger partial charge in [-0.2, -0.15) is 0 Å². The highest BCUT2D eigenvalue weighted by Gasteiger charge is 2.09. The van der Waals surface area contributed by atoms with Gasteiger partial charge in [0.15, 0.2) is 5.78 Å². The molecule has 0 N–H and O–H groups in total. The summed E-state index contributed by atoms with van der Waals surface area (Å²) in [6.45, 7) is 5.98. The molecule has 0 spiro atoms. The van der Waals surface area contributed by atoms with Crippen LogP contribution in [0.4, 0.5) is 0 Å². The summed E-state index contributed by atoms with van der Waals surface area (Å²) in [5.41, 5.74) is 0. The minimum Gasteiger partial charge on any atom is -0.295 e. The van der Waals surface area contributed by atoms with Gasteiger partial charge in [0.2, 0.25) is 0 Å². The van der Waals surface area contributed by atoms with E-state index in [1.54, 1.807) is 12.2 Å². The zero-order valence-corrected chi connectivity index (χ0v) is 7.05. The van der Waals surface area contributed by atoms with E-state index in [0.717, 1.165) is 12.8 Å². The Morgan fingerprint density at radius 1 is 1.40 bits per heavy atom. The Morgan fingerprint density at radius 3 is 2.20 bits per heavy atom. The van der Waals surface area contributed by atoms with Crippen LogP contribution in [0, 0.1) is 5.92 Å². The zero-order chi connectivity index (χ0) is 7.98. The third kappa shape index (κ3) is 2.81. The molecule has 10 heavy (non-hydrogen) atoms. The molecule has 0 aliphatic rings. The minimum atomic E-state index is 0.246. The van der Waals surface area contributed by atoms with Gasteiger partial charge in [0.05, 0.1) is 0 Å². The molecule has 0 aliphatic carbocycles. The van der Waals surface area contributed by atoms with E-state index in [2.05, 4.69) is 13.8 Å². The number of hydrogen-bond acceptors (Lipinski definition) is 1. The molecule has 1 heteroatoms. The Kier molecular flexibility index (Phi) is 4.91. The van der Waals surface area contributed by atoms with Crippen molar-refractivity contribution in [1.82, 2.24) is 0 Å². The standard InChI is InChI=1S/C9H16O/c1-4-7-9(10)8(5-2)6-3/h4,7-8H,5-6H2,1-3H3/b7-4-. The quantitative estimate of drug-likeness (QED) is 0.548. The van der Waals surface area contributed by atoms with Crippen molar-refractivity contribution in [2.45, 2.75) is 33.6 Å². The first-order chi connectivity index (χ1) is 4.76. The second-order valence-electron chi connectivity index (χ2n) is 2.42. The molecule has 0 rings (SSSR count). The predicted octanol–water partition coefficient (Wildman–Crippen LogP) is 2.57. The Labute approximate surface area is 63.1 Å². The Morgan fingerprint density at radius 2 is 1.90 bits per heavy atom. The highest BCUT2D eigenvalue weighted by atomic mass is 16.1. The second-order valence-corrected chi connectivity index (χ2v) is 2.42. The van der Waals surface area contributed by atoms with Crippen LogP contribution >= 0.6 is 0 Å². The van der Waals surface area contributed by atoms with Gasteiger partial charge in [-0.3, -0.25) is 4.79 Å². The van der Waals surface area contributed by atoms with Crippen LogP contribution in [0.1, 0.15) is 33.6 Å². The molecule has 0 unspecified atom stereocenters. The summed E-state index contributed by atoms with van der Waals surface area (Å²) in [7, 11) is 0. The van der Waals surface area contributed by atoms with Gasteiger partial charge in [-0.05, 0) is 25.8 Å². The van der Waals surface area contributed by atoms with E-state index in [1.165, 1.54) is 0 Å². The fourth-order valence-corrected chi connectivity index (χ4v) is 0.991. The van der Waals surface area contributed by atoms with Crippen LogP contribution in [-0.2, 0) is 4.79 Å². The molecular formula is C9H16O. The summed E-state index contributed by atoms with van der Waals surface area (Å²) in [5.74, 6) is 0.517. The van der Waals surface area contributed by atoms with E-state index in [1.807, 2.05) is 6.92 Å². The summed E-state index contributed by atoms with van der Waals surface area (Å²) >= 11 is 0. The van der Waals surface area contributed by atoms with Gasteiger partial charge in [0.25, 0.3) is 0 Å². The molecular weight excluding hydrogens is 124 g/mol. The lowest BCUT2D eigenvalue weighted by atomic mass is 9.98. The van der Waals surface area contributed by atoms with Crippen LogP contribution in [0.3, 0.4) is 0 Å². The molecule has 0 fully saturated rings. The van der Waals surface area contributed by atoms with E-state index in [9.17, 15) is 4.79 Å². The fourth-order valence-electron chi connectivity index (χ4n) is 0.991. The number of ketones is 1. The SMILES string of the molecule is C/C=C\C(=O)C(CC)CC. The number of carbonyl (C=O) groups is 1. The van der Waals surface area contributed by atoms with E-state index in [-0.39, 0.29) is 11.7 Å². The van der Waals surface area contributed by atoms with Gasteiger partial charge < -0.3 is 0 Å². The second kappa shape index (κ2) is 5.21. The average Bonchev–Trinajstić information content (AvgIpc) is 1.91. The van der Waals surface area contributed by atoms with Crippen LogP contribution in [-0.4, -0.2) is 5.78 Å². The fraction of sp³-hybridized carbons (Fsp3) is 0.667. The first-order valence-corrected chi connectivity index (χ1v) is 3.92. The molecule has 0 bridgehead atoms. The summed E-state index contributed by atoms with van der Waals surface area (Å²) in [6, 6.07) is 0. The van der Waals surface area contributed by atoms with Crippen molar-refractivity contribution in [3.63, 3.8) is 0 Å². The van der Waals surface area contributed by atoms with Gasteiger partial charge in [-0.15, -0.1) is 0 Å². The van der Waals surface area contributed by atoms with E-state index >= 15 is 0 Å². The number of carbonyl (C=O) groups excluding carboxylic acids is 1. The molecule has 0 aromatic rings. The molecule has 58 valence electrons. The normalized spacial score (nSPS) is 11.2. The van der Waals surface area contributed by atoms with E-state index in [4.69, 9.17) is 0 Å². The maximum absolute atomic E-state index is 11.1. The maximum Gasteiger partial charge on any atom is 0.158 e. The monoisotopic (exact) mass is 140 g/mol. The Hall–Kier alpha value is -0.590. The van der Waals surface area contributed by atoms with Crippen LogP contribution in [0.5, 0.6) is 0 Å². The molecule has 0 aliphatic heterocycles. The molecule has 0 heterocycles. The van der Waals surface area contributed by atoms with Gasteiger partial charge in [0, 0.05) is 5.92 Å². The zero-order valence-electron chi connectivity index (χ0n) is 7.05. The first-order valence-electron chi connectivity index (χ1n) is 3.92. The van der Waals surface area contributed by atoms with E-state index in [0.29, 0.717) is 0 Å². The third-order valence-electron chi connectivity index (χ3n) is 1.72. The lowest BCUT2D eigenvalue weighted by Crippen LogP contribution is -2.08. The van der Waals surface area contributed by atoms with Crippen LogP contribution in [0.15, 0.2) is 12.2 Å². The maximum atomic E-state index is 11.1. The molecule has 0 saturated heterocycles. The van der Waals surface area contributed by atoms with Crippen molar-refractivity contribution in [2.75, 3.05) is 0 Å². The molecule has 0 atom stereocenters. The molecule has 1 nitrogen and oxygen atoms in total. The lowest BCUT2D eigenvalue weighted by molar-refractivity contribution is -0.118. The van der Waals surface area contributed by atoms with Crippen molar-refractivity contribution in [3.05, 3.63) is 12.2 Å². The first kappa shape index (κ1) is 9.41. The summed E-state index contributed by atoms with van der Waals surface area (Å²) in [4.78, 5) is 11.1. The summed E-state index contributed by atoms with van der Waals surface area (Å²) < 4.78 is 0. The lowest BCUT2D eigenvalue weighted by Gasteiger charge is -2.05. The van der Waals surface area contributed by atoms with Crippen LogP contribution < -0.4 is 0 Å². The summed E-state index contributed by atoms with van der Waals surface area (Å²) in [6.07, 6.45) is 5.39. The van der Waals surface area contributed by atoms with Crippen molar-refractivity contribution in [1.29, 1.82) is 0 Å². The smallest absolute Gasteiger partial charge is 0.158 e. The van der Waals surface area contributed by atoms with Crippen molar-refractivity contribution >= 4 is 5.78 Å². The van der Waals surface area contributed by atoms with Crippen molar-refractivity contribution in [2.24, 2.45) is 5.92 Å². The highest BCUT2D eigenvalue weighted by molar-refractivity contribution is 5.91. The van der Waals surface area contributed by atoms with Crippen LogP contribution in [0.25, 0.3) is 0 Å². The van der Waals surface area contributed by atoms with Gasteiger partial charge >= 0.3 is 0 Å². The van der Waals surface area contributed by atoms with Crippen LogP contribution in [0.2, 0.25) is 0 Å². The van der Waals surface area contributed by atoms with E-state index < -0.39 is 0 Å². The largest absolute Gasteiger partial charge is 0.295 e. The number of rotatable bonds is 4. The highest BCUT2D eigenvalue weighted by Crippen LogP contribution is 2.08. The van der Waals surface area contributed by atoms with Crippen molar-refractivity contribution < 1.29 is 4.79 Å². The van der Waals surface area contributed by atoms with Gasteiger partial charge in [-0.1, -0.05) is 19.9 Å². The van der Waals surface area contributed by atoms with Gasteiger partial charge in [0.1, 0.15) is 0 Å². The van der Waals surface area contributed by atoms with Gasteiger partial charge in [-0.25, -0.2) is 0 Å². The Balaban J connectivity index is 3.89. The molecule has 0 aromatic carbocycles.